The monoisotopic (exact) mass is 393 g/mol. The highest BCUT2D eigenvalue weighted by molar-refractivity contribution is 6.04. The van der Waals surface area contributed by atoms with E-state index in [0.717, 1.165) is 17.5 Å². The molecule has 0 spiro atoms. The molecule has 0 unspecified atom stereocenters. The lowest BCUT2D eigenvalue weighted by Gasteiger charge is -2.41. The molecule has 0 aromatic heterocycles. The summed E-state index contributed by atoms with van der Waals surface area (Å²) in [5.41, 5.74) is 3.69. The Morgan fingerprint density at radius 1 is 1.10 bits per heavy atom. The number of aliphatic carboxylic acids is 1. The lowest BCUT2D eigenvalue weighted by molar-refractivity contribution is -0.174. The Bertz CT molecular complexity index is 975. The van der Waals surface area contributed by atoms with E-state index in [4.69, 9.17) is 4.74 Å². The molecule has 2 aromatic carbocycles. The normalized spacial score (nSPS) is 20.9. The van der Waals surface area contributed by atoms with Gasteiger partial charge in [0.1, 0.15) is 6.61 Å². The summed E-state index contributed by atoms with van der Waals surface area (Å²) in [7, 11) is 0. The third-order valence-corrected chi connectivity index (χ3v) is 6.19. The number of carboxylic acids is 1. The zero-order valence-electron chi connectivity index (χ0n) is 17.2. The molecule has 0 radical (unpaired) electrons. The summed E-state index contributed by atoms with van der Waals surface area (Å²) >= 11 is 0. The van der Waals surface area contributed by atoms with Crippen molar-refractivity contribution in [1.82, 2.24) is 4.90 Å². The molecule has 29 heavy (non-hydrogen) atoms. The molecule has 1 fully saturated rings. The van der Waals surface area contributed by atoms with E-state index in [1.54, 1.807) is 4.90 Å². The standard InChI is InChI=1S/C24H27NO4/c1-23(2,3)25-13-7-12-24(25,21(26)27)22(28)29-15-17-9-6-11-19-18-10-5-4-8-16(18)14-20(17)19/h4-6,8-11H,7,12-15H2,1-3H3,(H,26,27)/t24-/m0/s1. The number of nitrogens with zero attached hydrogens (tertiary/aromatic N) is 1. The zero-order chi connectivity index (χ0) is 20.8. The number of esters is 1. The summed E-state index contributed by atoms with van der Waals surface area (Å²) in [5.74, 6) is -1.79. The SMILES string of the molecule is CC(C)(C)N1CCC[C@]1(C(=O)O)C(=O)OCc1cccc2c1Cc1ccccc1-2. The van der Waals surface area contributed by atoms with E-state index in [1.807, 2.05) is 45.0 Å². The lowest BCUT2D eigenvalue weighted by Crippen LogP contribution is -2.62. The Morgan fingerprint density at radius 3 is 2.55 bits per heavy atom. The molecule has 0 bridgehead atoms. The maximum Gasteiger partial charge on any atom is 0.338 e. The van der Waals surface area contributed by atoms with E-state index in [-0.39, 0.29) is 13.0 Å². The molecule has 1 aliphatic heterocycles. The average Bonchev–Trinajstić information content (AvgIpc) is 3.29. The number of carbonyl (C=O) groups is 2. The number of likely N-dealkylation sites (tertiary alicyclic amines) is 1. The van der Waals surface area contributed by atoms with Crippen molar-refractivity contribution in [2.75, 3.05) is 6.54 Å². The van der Waals surface area contributed by atoms with E-state index in [1.165, 1.54) is 16.7 Å². The van der Waals surface area contributed by atoms with Crippen molar-refractivity contribution in [1.29, 1.82) is 0 Å². The van der Waals surface area contributed by atoms with Crippen molar-refractivity contribution in [3.8, 4) is 11.1 Å². The lowest BCUT2D eigenvalue weighted by atomic mass is 9.91. The number of fused-ring (bicyclic) bond motifs is 3. The molecule has 1 N–H and O–H groups in total. The van der Waals surface area contributed by atoms with Gasteiger partial charge in [0, 0.05) is 12.1 Å². The van der Waals surface area contributed by atoms with E-state index >= 15 is 0 Å². The predicted octanol–water partition coefficient (Wildman–Crippen LogP) is 4.02. The molecule has 152 valence electrons. The molecular weight excluding hydrogens is 366 g/mol. The third-order valence-electron chi connectivity index (χ3n) is 6.19. The number of carboxylic acid groups (broad SMARTS) is 1. The van der Waals surface area contributed by atoms with E-state index in [2.05, 4.69) is 18.2 Å². The topological polar surface area (TPSA) is 66.8 Å². The quantitative estimate of drug-likeness (QED) is 0.536. The van der Waals surface area contributed by atoms with Gasteiger partial charge in [-0.25, -0.2) is 9.59 Å². The summed E-state index contributed by atoms with van der Waals surface area (Å²) in [6, 6.07) is 14.3. The Labute approximate surface area is 171 Å². The number of ether oxygens (including phenoxy) is 1. The average molecular weight is 393 g/mol. The van der Waals surface area contributed by atoms with Crippen LogP contribution < -0.4 is 0 Å². The second-order valence-electron chi connectivity index (χ2n) is 8.94. The Morgan fingerprint density at radius 2 is 1.83 bits per heavy atom. The van der Waals surface area contributed by atoms with Gasteiger partial charge in [0.15, 0.2) is 0 Å². The zero-order valence-corrected chi connectivity index (χ0v) is 17.2. The number of hydrogen-bond acceptors (Lipinski definition) is 4. The summed E-state index contributed by atoms with van der Waals surface area (Å²) < 4.78 is 5.66. The largest absolute Gasteiger partial charge is 0.479 e. The van der Waals surface area contributed by atoms with Crippen molar-refractivity contribution in [2.45, 2.75) is 57.7 Å². The highest BCUT2D eigenvalue weighted by Gasteiger charge is 2.58. The van der Waals surface area contributed by atoms with E-state index in [0.29, 0.717) is 13.0 Å². The first kappa shape index (κ1) is 19.6. The molecule has 2 aliphatic rings. The van der Waals surface area contributed by atoms with E-state index < -0.39 is 23.0 Å². The second-order valence-corrected chi connectivity index (χ2v) is 8.94. The molecule has 1 heterocycles. The number of benzene rings is 2. The Hall–Kier alpha value is -2.66. The van der Waals surface area contributed by atoms with Gasteiger partial charge in [-0.05, 0) is 67.9 Å². The van der Waals surface area contributed by atoms with Gasteiger partial charge in [-0.3, -0.25) is 4.90 Å². The van der Waals surface area contributed by atoms with Crippen molar-refractivity contribution in [3.05, 3.63) is 59.2 Å². The van der Waals surface area contributed by atoms with Crippen LogP contribution in [0.25, 0.3) is 11.1 Å². The highest BCUT2D eigenvalue weighted by atomic mass is 16.5. The number of rotatable bonds is 4. The fraction of sp³-hybridized carbons (Fsp3) is 0.417. The molecule has 4 rings (SSSR count). The minimum atomic E-state index is -1.61. The maximum absolute atomic E-state index is 13.1. The fourth-order valence-corrected chi connectivity index (χ4v) is 4.87. The molecule has 1 aliphatic carbocycles. The van der Waals surface area contributed by atoms with Crippen LogP contribution in [0.15, 0.2) is 42.5 Å². The van der Waals surface area contributed by atoms with E-state index in [9.17, 15) is 14.7 Å². The predicted molar refractivity (Wildman–Crippen MR) is 111 cm³/mol. The number of carbonyl (C=O) groups excluding carboxylic acids is 1. The van der Waals surface area contributed by atoms with Crippen LogP contribution in [0, 0.1) is 0 Å². The molecule has 2 aromatic rings. The molecule has 5 heteroatoms. The van der Waals surface area contributed by atoms with Crippen LogP contribution in [0.3, 0.4) is 0 Å². The first-order valence-corrected chi connectivity index (χ1v) is 10.1. The molecule has 1 saturated heterocycles. The molecular formula is C24H27NO4. The van der Waals surface area contributed by atoms with Crippen molar-refractivity contribution >= 4 is 11.9 Å². The van der Waals surface area contributed by atoms with Gasteiger partial charge >= 0.3 is 11.9 Å². The smallest absolute Gasteiger partial charge is 0.338 e. The first-order chi connectivity index (χ1) is 13.7. The summed E-state index contributed by atoms with van der Waals surface area (Å²) in [6.45, 7) is 6.46. The number of hydrogen-bond donors (Lipinski definition) is 1. The van der Waals surface area contributed by atoms with Crippen LogP contribution in [-0.4, -0.2) is 39.6 Å². The van der Waals surface area contributed by atoms with Crippen LogP contribution in [0.5, 0.6) is 0 Å². The highest BCUT2D eigenvalue weighted by Crippen LogP contribution is 2.39. The molecule has 0 saturated carbocycles. The van der Waals surface area contributed by atoms with Crippen molar-refractivity contribution in [3.63, 3.8) is 0 Å². The van der Waals surface area contributed by atoms with Gasteiger partial charge in [-0.15, -0.1) is 0 Å². The van der Waals surface area contributed by atoms with Gasteiger partial charge in [0.05, 0.1) is 0 Å². The van der Waals surface area contributed by atoms with Crippen molar-refractivity contribution < 1.29 is 19.4 Å². The summed E-state index contributed by atoms with van der Waals surface area (Å²) in [5, 5.41) is 10.00. The van der Waals surface area contributed by atoms with Crippen LogP contribution in [-0.2, 0) is 27.4 Å². The van der Waals surface area contributed by atoms with Crippen LogP contribution in [0.2, 0.25) is 0 Å². The van der Waals surface area contributed by atoms with Crippen molar-refractivity contribution in [2.24, 2.45) is 0 Å². The summed E-state index contributed by atoms with van der Waals surface area (Å²) in [6.07, 6.45) is 1.74. The molecule has 1 atom stereocenters. The molecule has 5 nitrogen and oxygen atoms in total. The van der Waals surface area contributed by atoms with Gasteiger partial charge in [0.25, 0.3) is 0 Å². The maximum atomic E-state index is 13.1. The van der Waals surface area contributed by atoms with Gasteiger partial charge in [0.2, 0.25) is 5.54 Å². The van der Waals surface area contributed by atoms with Gasteiger partial charge in [-0.2, -0.15) is 0 Å². The second kappa shape index (κ2) is 6.99. The van der Waals surface area contributed by atoms with Gasteiger partial charge in [-0.1, -0.05) is 42.5 Å². The van der Waals surface area contributed by atoms with Crippen LogP contribution in [0.4, 0.5) is 0 Å². The van der Waals surface area contributed by atoms with Crippen LogP contribution >= 0.6 is 0 Å². The van der Waals surface area contributed by atoms with Gasteiger partial charge < -0.3 is 9.84 Å². The minimum absolute atomic E-state index is 0.0863. The summed E-state index contributed by atoms with van der Waals surface area (Å²) in [4.78, 5) is 27.1. The Kier molecular flexibility index (Phi) is 4.74. The van der Waals surface area contributed by atoms with Crippen LogP contribution in [0.1, 0.15) is 50.3 Å². The third kappa shape index (κ3) is 3.14. The molecule has 0 amide bonds. The Balaban J connectivity index is 1.59. The minimum Gasteiger partial charge on any atom is -0.479 e. The first-order valence-electron chi connectivity index (χ1n) is 10.1. The fourth-order valence-electron chi connectivity index (χ4n) is 4.87.